The first kappa shape index (κ1) is 13.2. The van der Waals surface area contributed by atoms with Crippen LogP contribution in [0.2, 0.25) is 0 Å². The third-order valence-electron chi connectivity index (χ3n) is 3.15. The van der Waals surface area contributed by atoms with E-state index in [0.717, 1.165) is 6.54 Å². The van der Waals surface area contributed by atoms with Crippen LogP contribution in [0.5, 0.6) is 0 Å². The Morgan fingerprint density at radius 2 is 1.82 bits per heavy atom. The normalized spacial score (nSPS) is 48.0. The molecule has 100 valence electrons. The molecule has 2 rings (SSSR count). The smallest absolute Gasteiger partial charge is 0.186 e. The molecule has 2 aliphatic heterocycles. The largest absolute Gasteiger partial charge is 0.389 e. The van der Waals surface area contributed by atoms with Gasteiger partial charge in [-0.3, -0.25) is 0 Å². The van der Waals surface area contributed by atoms with Crippen LogP contribution in [0, 0.1) is 0 Å². The van der Waals surface area contributed by atoms with Crippen molar-refractivity contribution in [2.24, 2.45) is 0 Å². The fourth-order valence-electron chi connectivity index (χ4n) is 2.05. The Kier molecular flexibility index (Phi) is 4.31. The SMILES string of the molecule is O[C@@H]1[C@@H](O)[C@H](O[C@@H]2CCNC[C@H]2O)OC[C@H]1O. The van der Waals surface area contributed by atoms with Crippen molar-refractivity contribution in [1.29, 1.82) is 0 Å². The van der Waals surface area contributed by atoms with Gasteiger partial charge in [0.1, 0.15) is 18.3 Å². The first-order valence-electron chi connectivity index (χ1n) is 5.79. The molecule has 7 nitrogen and oxygen atoms in total. The predicted octanol–water partition coefficient (Wildman–Crippen LogP) is -2.84. The standard InChI is InChI=1S/C10H19NO6/c12-5-3-11-2-1-7(5)17-10-9(15)8(14)6(13)4-16-10/h5-15H,1-4H2/t5-,6-,7-,8+,9-,10+/m1/s1. The molecule has 5 N–H and O–H groups in total. The highest BCUT2D eigenvalue weighted by atomic mass is 16.7. The Morgan fingerprint density at radius 3 is 2.53 bits per heavy atom. The van der Waals surface area contributed by atoms with Crippen molar-refractivity contribution >= 4 is 0 Å². The topological polar surface area (TPSA) is 111 Å². The van der Waals surface area contributed by atoms with Crippen LogP contribution in [0.1, 0.15) is 6.42 Å². The minimum absolute atomic E-state index is 0.0933. The minimum Gasteiger partial charge on any atom is -0.389 e. The van der Waals surface area contributed by atoms with Crippen LogP contribution < -0.4 is 5.32 Å². The van der Waals surface area contributed by atoms with Gasteiger partial charge in [0.2, 0.25) is 0 Å². The summed E-state index contributed by atoms with van der Waals surface area (Å²) in [6, 6.07) is 0. The molecule has 0 aliphatic carbocycles. The maximum absolute atomic E-state index is 9.67. The van der Waals surface area contributed by atoms with Gasteiger partial charge in [-0.2, -0.15) is 0 Å². The Labute approximate surface area is 99.0 Å². The number of aliphatic hydroxyl groups is 4. The van der Waals surface area contributed by atoms with E-state index in [2.05, 4.69) is 5.32 Å². The molecular weight excluding hydrogens is 230 g/mol. The Hall–Kier alpha value is -0.280. The lowest BCUT2D eigenvalue weighted by Crippen LogP contribution is -2.56. The van der Waals surface area contributed by atoms with E-state index in [9.17, 15) is 20.4 Å². The van der Waals surface area contributed by atoms with E-state index in [1.54, 1.807) is 0 Å². The van der Waals surface area contributed by atoms with Crippen molar-refractivity contribution in [1.82, 2.24) is 5.32 Å². The number of hydrogen-bond donors (Lipinski definition) is 5. The van der Waals surface area contributed by atoms with Crippen molar-refractivity contribution < 1.29 is 29.9 Å². The first-order valence-corrected chi connectivity index (χ1v) is 5.79. The second kappa shape index (κ2) is 5.57. The monoisotopic (exact) mass is 249 g/mol. The maximum atomic E-state index is 9.67. The van der Waals surface area contributed by atoms with Crippen LogP contribution in [-0.4, -0.2) is 76.9 Å². The van der Waals surface area contributed by atoms with Crippen molar-refractivity contribution in [2.75, 3.05) is 19.7 Å². The van der Waals surface area contributed by atoms with Crippen molar-refractivity contribution in [3.8, 4) is 0 Å². The molecule has 2 saturated heterocycles. The lowest BCUT2D eigenvalue weighted by Gasteiger charge is -2.38. The van der Waals surface area contributed by atoms with E-state index in [0.29, 0.717) is 13.0 Å². The van der Waals surface area contributed by atoms with E-state index in [1.807, 2.05) is 0 Å². The third kappa shape index (κ3) is 2.94. The molecule has 0 spiro atoms. The number of hydrogen-bond acceptors (Lipinski definition) is 7. The average molecular weight is 249 g/mol. The molecule has 17 heavy (non-hydrogen) atoms. The summed E-state index contributed by atoms with van der Waals surface area (Å²) in [5.41, 5.74) is 0. The molecule has 0 saturated carbocycles. The Morgan fingerprint density at radius 1 is 1.06 bits per heavy atom. The molecule has 7 heteroatoms. The van der Waals surface area contributed by atoms with Crippen molar-refractivity contribution in [3.63, 3.8) is 0 Å². The van der Waals surface area contributed by atoms with Crippen molar-refractivity contribution in [3.05, 3.63) is 0 Å². The maximum Gasteiger partial charge on any atom is 0.186 e. The van der Waals surface area contributed by atoms with Gasteiger partial charge in [0, 0.05) is 6.54 Å². The van der Waals surface area contributed by atoms with E-state index in [1.165, 1.54) is 0 Å². The fraction of sp³-hybridized carbons (Fsp3) is 1.00. The number of rotatable bonds is 2. The van der Waals surface area contributed by atoms with Crippen LogP contribution >= 0.6 is 0 Å². The molecule has 2 aliphatic rings. The lowest BCUT2D eigenvalue weighted by molar-refractivity contribution is -0.291. The molecule has 0 aromatic carbocycles. The summed E-state index contributed by atoms with van der Waals surface area (Å²) in [6.07, 6.45) is -5.20. The van der Waals surface area contributed by atoms with Crippen LogP contribution in [-0.2, 0) is 9.47 Å². The summed E-state index contributed by atoms with van der Waals surface area (Å²) in [6.45, 7) is 1.05. The lowest BCUT2D eigenvalue weighted by atomic mass is 10.0. The number of β-amino-alcohol motifs (C(OH)–C–C–N with tert-alkyl or cyclic N) is 1. The highest BCUT2D eigenvalue weighted by Crippen LogP contribution is 2.20. The molecule has 0 aromatic rings. The van der Waals surface area contributed by atoms with E-state index in [-0.39, 0.29) is 6.61 Å². The van der Waals surface area contributed by atoms with Crippen LogP contribution in [0.3, 0.4) is 0 Å². The van der Waals surface area contributed by atoms with E-state index in [4.69, 9.17) is 9.47 Å². The second-order valence-electron chi connectivity index (χ2n) is 4.48. The average Bonchev–Trinajstić information content (AvgIpc) is 2.32. The van der Waals surface area contributed by atoms with Gasteiger partial charge < -0.3 is 35.2 Å². The van der Waals surface area contributed by atoms with E-state index >= 15 is 0 Å². The second-order valence-corrected chi connectivity index (χ2v) is 4.48. The van der Waals surface area contributed by atoms with E-state index < -0.39 is 36.8 Å². The molecule has 0 radical (unpaired) electrons. The molecule has 2 heterocycles. The quantitative estimate of drug-likeness (QED) is 0.358. The molecule has 0 bridgehead atoms. The minimum atomic E-state index is -1.30. The molecule has 0 amide bonds. The summed E-state index contributed by atoms with van der Waals surface area (Å²) in [7, 11) is 0. The highest BCUT2D eigenvalue weighted by Gasteiger charge is 2.40. The van der Waals surface area contributed by atoms with Crippen LogP contribution in [0.25, 0.3) is 0 Å². The Bertz CT molecular complexity index is 253. The zero-order valence-electron chi connectivity index (χ0n) is 9.40. The number of aliphatic hydroxyl groups excluding tert-OH is 4. The van der Waals surface area contributed by atoms with Gasteiger partial charge in [-0.25, -0.2) is 0 Å². The third-order valence-corrected chi connectivity index (χ3v) is 3.15. The molecule has 2 fully saturated rings. The summed E-state index contributed by atoms with van der Waals surface area (Å²) < 4.78 is 10.6. The molecular formula is C10H19NO6. The van der Waals surface area contributed by atoms with Gasteiger partial charge in [0.25, 0.3) is 0 Å². The van der Waals surface area contributed by atoms with Crippen LogP contribution in [0.4, 0.5) is 0 Å². The summed E-state index contributed by atoms with van der Waals surface area (Å²) in [4.78, 5) is 0. The van der Waals surface area contributed by atoms with Gasteiger partial charge in [-0.15, -0.1) is 0 Å². The molecule has 6 atom stereocenters. The van der Waals surface area contributed by atoms with Gasteiger partial charge in [0.15, 0.2) is 6.29 Å². The van der Waals surface area contributed by atoms with Gasteiger partial charge in [-0.1, -0.05) is 0 Å². The highest BCUT2D eigenvalue weighted by molar-refractivity contribution is 4.85. The Balaban J connectivity index is 1.89. The molecule has 0 unspecified atom stereocenters. The van der Waals surface area contributed by atoms with Gasteiger partial charge in [0.05, 0.1) is 18.8 Å². The zero-order chi connectivity index (χ0) is 12.4. The zero-order valence-corrected chi connectivity index (χ0v) is 9.40. The summed E-state index contributed by atoms with van der Waals surface area (Å²) in [5.74, 6) is 0. The van der Waals surface area contributed by atoms with Gasteiger partial charge >= 0.3 is 0 Å². The number of piperidine rings is 1. The number of nitrogens with one attached hydrogen (secondary N) is 1. The summed E-state index contributed by atoms with van der Waals surface area (Å²) in [5, 5.41) is 41.1. The van der Waals surface area contributed by atoms with Crippen LogP contribution in [0.15, 0.2) is 0 Å². The molecule has 0 aromatic heterocycles. The van der Waals surface area contributed by atoms with Gasteiger partial charge in [-0.05, 0) is 13.0 Å². The fourth-order valence-corrected chi connectivity index (χ4v) is 2.05. The first-order chi connectivity index (χ1) is 8.09. The van der Waals surface area contributed by atoms with Crippen molar-refractivity contribution in [2.45, 2.75) is 43.2 Å². The predicted molar refractivity (Wildman–Crippen MR) is 56.1 cm³/mol. The number of ether oxygens (including phenoxy) is 2. The summed E-state index contributed by atoms with van der Waals surface area (Å²) >= 11 is 0.